The molecular weight excluding hydrogens is 398 g/mol. The summed E-state index contributed by atoms with van der Waals surface area (Å²) < 4.78 is 0. The summed E-state index contributed by atoms with van der Waals surface area (Å²) in [5.41, 5.74) is 4.88. The van der Waals surface area contributed by atoms with E-state index < -0.39 is 0 Å². The molecular formula is C26H29N5O. The molecule has 3 aromatic rings. The van der Waals surface area contributed by atoms with Gasteiger partial charge in [0.2, 0.25) is 0 Å². The van der Waals surface area contributed by atoms with Crippen LogP contribution in [-0.4, -0.2) is 47.5 Å². The van der Waals surface area contributed by atoms with Gasteiger partial charge in [0, 0.05) is 37.2 Å². The van der Waals surface area contributed by atoms with E-state index >= 15 is 0 Å². The second-order valence-electron chi connectivity index (χ2n) is 8.54. The van der Waals surface area contributed by atoms with Crippen LogP contribution in [0, 0.1) is 0 Å². The van der Waals surface area contributed by atoms with Crippen LogP contribution in [0.25, 0.3) is 11.1 Å². The SMILES string of the molecule is CNc1nc([C@H]2CCCNC2)nc2c1CCN(C(=O)c1ccccc1-c1ccccc1)C2. The van der Waals surface area contributed by atoms with Gasteiger partial charge in [0.25, 0.3) is 5.91 Å². The van der Waals surface area contributed by atoms with Gasteiger partial charge in [-0.05, 0) is 43.0 Å². The van der Waals surface area contributed by atoms with E-state index in [-0.39, 0.29) is 5.91 Å². The molecule has 3 heterocycles. The number of nitrogens with one attached hydrogen (secondary N) is 2. The van der Waals surface area contributed by atoms with Crippen LogP contribution in [-0.2, 0) is 13.0 Å². The first-order valence-corrected chi connectivity index (χ1v) is 11.5. The van der Waals surface area contributed by atoms with Gasteiger partial charge in [0.05, 0.1) is 12.2 Å². The molecule has 0 aliphatic carbocycles. The van der Waals surface area contributed by atoms with Gasteiger partial charge >= 0.3 is 0 Å². The van der Waals surface area contributed by atoms with Gasteiger partial charge in [-0.2, -0.15) is 0 Å². The second kappa shape index (κ2) is 9.09. The van der Waals surface area contributed by atoms with Gasteiger partial charge in [-0.15, -0.1) is 0 Å². The van der Waals surface area contributed by atoms with Crippen LogP contribution >= 0.6 is 0 Å². The predicted octanol–water partition coefficient (Wildman–Crippen LogP) is 3.85. The molecule has 2 aromatic carbocycles. The fourth-order valence-corrected chi connectivity index (χ4v) is 4.79. The Labute approximate surface area is 189 Å². The Bertz CT molecular complexity index is 1110. The zero-order chi connectivity index (χ0) is 21.9. The van der Waals surface area contributed by atoms with E-state index in [0.717, 1.165) is 71.9 Å². The number of fused-ring (bicyclic) bond motifs is 1. The monoisotopic (exact) mass is 427 g/mol. The number of hydrogen-bond acceptors (Lipinski definition) is 5. The molecule has 1 saturated heterocycles. The highest BCUT2D eigenvalue weighted by Crippen LogP contribution is 2.30. The van der Waals surface area contributed by atoms with Gasteiger partial charge < -0.3 is 15.5 Å². The third kappa shape index (κ3) is 3.98. The van der Waals surface area contributed by atoms with Gasteiger partial charge in [0.15, 0.2) is 0 Å². The third-order valence-electron chi connectivity index (χ3n) is 6.51. The molecule has 1 fully saturated rings. The summed E-state index contributed by atoms with van der Waals surface area (Å²) in [4.78, 5) is 25.3. The van der Waals surface area contributed by atoms with Crippen molar-refractivity contribution in [3.8, 4) is 11.1 Å². The lowest BCUT2D eigenvalue weighted by Crippen LogP contribution is -2.38. The molecule has 164 valence electrons. The average molecular weight is 428 g/mol. The molecule has 6 heteroatoms. The van der Waals surface area contributed by atoms with Crippen molar-refractivity contribution in [2.75, 3.05) is 32.0 Å². The van der Waals surface area contributed by atoms with Crippen molar-refractivity contribution in [3.05, 3.63) is 77.2 Å². The van der Waals surface area contributed by atoms with Crippen LogP contribution < -0.4 is 10.6 Å². The summed E-state index contributed by atoms with van der Waals surface area (Å²) in [7, 11) is 1.92. The zero-order valence-electron chi connectivity index (χ0n) is 18.5. The number of carbonyl (C=O) groups excluding carboxylic acids is 1. The fraction of sp³-hybridized carbons (Fsp3) is 0.346. The van der Waals surface area contributed by atoms with E-state index in [1.54, 1.807) is 0 Å². The lowest BCUT2D eigenvalue weighted by Gasteiger charge is -2.31. The van der Waals surface area contributed by atoms with Crippen molar-refractivity contribution in [1.82, 2.24) is 20.2 Å². The summed E-state index contributed by atoms with van der Waals surface area (Å²) in [5.74, 6) is 2.18. The number of hydrogen-bond donors (Lipinski definition) is 2. The normalized spacial score (nSPS) is 18.2. The quantitative estimate of drug-likeness (QED) is 0.662. The fourth-order valence-electron chi connectivity index (χ4n) is 4.79. The lowest BCUT2D eigenvalue weighted by molar-refractivity contribution is 0.0732. The lowest BCUT2D eigenvalue weighted by atomic mass is 9.96. The standard InChI is InChI=1S/C26H29N5O/c1-27-25-22-13-15-31(17-23(22)29-24(30-25)19-10-7-14-28-16-19)26(32)21-12-6-5-11-20(21)18-8-3-2-4-9-18/h2-6,8-9,11-12,19,28H,7,10,13-17H2,1H3,(H,27,29,30)/t19-/m0/s1. The Morgan fingerprint density at radius 1 is 1.09 bits per heavy atom. The van der Waals surface area contributed by atoms with Gasteiger partial charge in [-0.3, -0.25) is 4.79 Å². The number of rotatable bonds is 4. The number of carbonyl (C=O) groups is 1. The van der Waals surface area contributed by atoms with Gasteiger partial charge in [-0.1, -0.05) is 48.5 Å². The van der Waals surface area contributed by atoms with E-state index in [4.69, 9.17) is 9.97 Å². The molecule has 6 nitrogen and oxygen atoms in total. The van der Waals surface area contributed by atoms with Gasteiger partial charge in [-0.25, -0.2) is 9.97 Å². The Balaban J connectivity index is 1.45. The first-order chi connectivity index (χ1) is 15.7. The van der Waals surface area contributed by atoms with Crippen LogP contribution in [0.3, 0.4) is 0 Å². The van der Waals surface area contributed by atoms with Crippen LogP contribution in [0.1, 0.15) is 46.2 Å². The maximum atomic E-state index is 13.6. The highest BCUT2D eigenvalue weighted by atomic mass is 16.2. The van der Waals surface area contributed by atoms with Crippen LogP contribution in [0.2, 0.25) is 0 Å². The van der Waals surface area contributed by atoms with E-state index in [9.17, 15) is 4.79 Å². The minimum Gasteiger partial charge on any atom is -0.373 e. The number of benzene rings is 2. The smallest absolute Gasteiger partial charge is 0.254 e. The summed E-state index contributed by atoms with van der Waals surface area (Å²) in [5, 5.41) is 6.72. The van der Waals surface area contributed by atoms with Crippen molar-refractivity contribution in [3.63, 3.8) is 0 Å². The van der Waals surface area contributed by atoms with Crippen LogP contribution in [0.5, 0.6) is 0 Å². The number of aromatic nitrogens is 2. The highest BCUT2D eigenvalue weighted by Gasteiger charge is 2.28. The summed E-state index contributed by atoms with van der Waals surface area (Å²) in [6, 6.07) is 18.0. The van der Waals surface area contributed by atoms with E-state index in [2.05, 4.69) is 22.8 Å². The molecule has 1 amide bonds. The topological polar surface area (TPSA) is 70.2 Å². The van der Waals surface area contributed by atoms with Gasteiger partial charge in [0.1, 0.15) is 11.6 Å². The first-order valence-electron chi connectivity index (χ1n) is 11.5. The minimum absolute atomic E-state index is 0.0561. The molecule has 32 heavy (non-hydrogen) atoms. The highest BCUT2D eigenvalue weighted by molar-refractivity contribution is 6.01. The molecule has 2 aliphatic rings. The second-order valence-corrected chi connectivity index (χ2v) is 8.54. The summed E-state index contributed by atoms with van der Waals surface area (Å²) in [6.07, 6.45) is 3.00. The Hall–Kier alpha value is -3.25. The predicted molar refractivity (Wildman–Crippen MR) is 127 cm³/mol. The minimum atomic E-state index is 0.0561. The molecule has 0 spiro atoms. The molecule has 0 radical (unpaired) electrons. The molecule has 0 bridgehead atoms. The van der Waals surface area contributed by atoms with E-state index in [0.29, 0.717) is 19.0 Å². The number of amides is 1. The van der Waals surface area contributed by atoms with E-state index in [1.165, 1.54) is 0 Å². The van der Waals surface area contributed by atoms with Crippen LogP contribution in [0.15, 0.2) is 54.6 Å². The van der Waals surface area contributed by atoms with Crippen molar-refractivity contribution in [2.24, 2.45) is 0 Å². The van der Waals surface area contributed by atoms with Crippen molar-refractivity contribution >= 4 is 11.7 Å². The van der Waals surface area contributed by atoms with Crippen molar-refractivity contribution in [1.29, 1.82) is 0 Å². The average Bonchev–Trinajstić information content (AvgIpc) is 2.88. The third-order valence-corrected chi connectivity index (χ3v) is 6.51. The van der Waals surface area contributed by atoms with Crippen molar-refractivity contribution in [2.45, 2.75) is 31.7 Å². The van der Waals surface area contributed by atoms with Crippen molar-refractivity contribution < 1.29 is 4.79 Å². The molecule has 0 unspecified atom stereocenters. The maximum Gasteiger partial charge on any atom is 0.254 e. The number of piperidine rings is 1. The van der Waals surface area contributed by atoms with E-state index in [1.807, 2.05) is 54.4 Å². The Kier molecular flexibility index (Phi) is 5.86. The molecule has 0 saturated carbocycles. The molecule has 5 rings (SSSR count). The maximum absolute atomic E-state index is 13.6. The zero-order valence-corrected chi connectivity index (χ0v) is 18.5. The molecule has 1 aromatic heterocycles. The summed E-state index contributed by atoms with van der Waals surface area (Å²) in [6.45, 7) is 3.15. The molecule has 2 N–H and O–H groups in total. The largest absolute Gasteiger partial charge is 0.373 e. The molecule has 2 aliphatic heterocycles. The van der Waals surface area contributed by atoms with Crippen LogP contribution in [0.4, 0.5) is 5.82 Å². The number of anilines is 1. The Morgan fingerprint density at radius 3 is 2.69 bits per heavy atom. The Morgan fingerprint density at radius 2 is 1.91 bits per heavy atom. The first kappa shape index (κ1) is 20.6. The molecule has 1 atom stereocenters. The summed E-state index contributed by atoms with van der Waals surface area (Å²) >= 11 is 0. The number of nitrogens with zero attached hydrogens (tertiary/aromatic N) is 3.